The first-order valence-corrected chi connectivity index (χ1v) is 6.29. The zero-order valence-corrected chi connectivity index (χ0v) is 10.3. The van der Waals surface area contributed by atoms with E-state index < -0.39 is 0 Å². The molecule has 0 aromatic heterocycles. The van der Waals surface area contributed by atoms with E-state index in [1.165, 1.54) is 4.90 Å². The monoisotopic (exact) mass is 245 g/mol. The molecule has 0 spiro atoms. The molecule has 2 nitrogen and oxygen atoms in total. The Morgan fingerprint density at radius 1 is 1.40 bits per heavy atom. The fraction of sp³-hybridized carbons (Fsp3) is 0.455. The van der Waals surface area contributed by atoms with Crippen LogP contribution < -0.4 is 5.32 Å². The number of aliphatic hydroxyl groups is 1. The van der Waals surface area contributed by atoms with Crippen LogP contribution in [0.4, 0.5) is 0 Å². The summed E-state index contributed by atoms with van der Waals surface area (Å²) < 4.78 is 0. The smallest absolute Gasteiger partial charge is 0.0446 e. The lowest BCUT2D eigenvalue weighted by Crippen LogP contribution is -2.28. The number of hydrogen-bond donors (Lipinski definition) is 2. The van der Waals surface area contributed by atoms with Gasteiger partial charge in [0.15, 0.2) is 0 Å². The number of aliphatic hydroxyl groups excluding tert-OH is 1. The summed E-state index contributed by atoms with van der Waals surface area (Å²) in [7, 11) is 1.92. The van der Waals surface area contributed by atoms with Crippen molar-refractivity contribution in [2.75, 3.05) is 19.4 Å². The summed E-state index contributed by atoms with van der Waals surface area (Å²) in [5, 5.41) is 12.8. The van der Waals surface area contributed by atoms with Crippen molar-refractivity contribution < 1.29 is 5.11 Å². The van der Waals surface area contributed by atoms with Gasteiger partial charge in [-0.3, -0.25) is 0 Å². The van der Waals surface area contributed by atoms with E-state index in [1.807, 2.05) is 31.3 Å². The van der Waals surface area contributed by atoms with E-state index >= 15 is 0 Å². The standard InChI is InChI=1S/C11H16ClNOS/c1-13-10(6-7-14)8-15-11-4-2-9(12)3-5-11/h2-5,10,13-14H,6-8H2,1H3. The molecule has 1 atom stereocenters. The third kappa shape index (κ3) is 4.89. The minimum atomic E-state index is 0.229. The Morgan fingerprint density at radius 3 is 2.60 bits per heavy atom. The Morgan fingerprint density at radius 2 is 2.07 bits per heavy atom. The van der Waals surface area contributed by atoms with E-state index in [2.05, 4.69) is 5.32 Å². The molecule has 1 rings (SSSR count). The molecule has 0 fully saturated rings. The number of nitrogens with one attached hydrogen (secondary N) is 1. The van der Waals surface area contributed by atoms with Crippen molar-refractivity contribution in [3.05, 3.63) is 29.3 Å². The van der Waals surface area contributed by atoms with Crippen LogP contribution in [0.25, 0.3) is 0 Å². The lowest BCUT2D eigenvalue weighted by atomic mass is 10.2. The van der Waals surface area contributed by atoms with Crippen molar-refractivity contribution in [3.8, 4) is 0 Å². The number of halogens is 1. The van der Waals surface area contributed by atoms with E-state index in [1.54, 1.807) is 11.8 Å². The van der Waals surface area contributed by atoms with Crippen molar-refractivity contribution >= 4 is 23.4 Å². The fourth-order valence-electron chi connectivity index (χ4n) is 1.19. The van der Waals surface area contributed by atoms with Crippen LogP contribution in [-0.2, 0) is 0 Å². The van der Waals surface area contributed by atoms with E-state index in [0.717, 1.165) is 17.2 Å². The van der Waals surface area contributed by atoms with Crippen molar-refractivity contribution in [1.82, 2.24) is 5.32 Å². The molecule has 0 saturated carbocycles. The van der Waals surface area contributed by atoms with Crippen LogP contribution >= 0.6 is 23.4 Å². The number of rotatable bonds is 6. The van der Waals surface area contributed by atoms with Crippen molar-refractivity contribution in [2.24, 2.45) is 0 Å². The molecule has 0 aliphatic rings. The first kappa shape index (κ1) is 12.8. The van der Waals surface area contributed by atoms with Crippen LogP contribution in [0, 0.1) is 0 Å². The van der Waals surface area contributed by atoms with Crippen LogP contribution in [0.15, 0.2) is 29.2 Å². The fourth-order valence-corrected chi connectivity index (χ4v) is 2.38. The molecule has 0 aliphatic heterocycles. The van der Waals surface area contributed by atoms with Crippen molar-refractivity contribution in [2.45, 2.75) is 17.4 Å². The van der Waals surface area contributed by atoms with Gasteiger partial charge >= 0.3 is 0 Å². The van der Waals surface area contributed by atoms with Crippen molar-refractivity contribution in [3.63, 3.8) is 0 Å². The van der Waals surface area contributed by atoms with Gasteiger partial charge in [0.25, 0.3) is 0 Å². The van der Waals surface area contributed by atoms with Gasteiger partial charge in [-0.2, -0.15) is 0 Å². The van der Waals surface area contributed by atoms with Gasteiger partial charge in [-0.15, -0.1) is 11.8 Å². The predicted molar refractivity (Wildman–Crippen MR) is 66.7 cm³/mol. The first-order valence-electron chi connectivity index (χ1n) is 4.92. The van der Waals surface area contributed by atoms with E-state index in [-0.39, 0.29) is 6.61 Å². The maximum absolute atomic E-state index is 8.83. The maximum Gasteiger partial charge on any atom is 0.0446 e. The predicted octanol–water partition coefficient (Wildman–Crippen LogP) is 2.40. The van der Waals surface area contributed by atoms with Gasteiger partial charge in [-0.1, -0.05) is 11.6 Å². The topological polar surface area (TPSA) is 32.3 Å². The van der Waals surface area contributed by atoms with Crippen molar-refractivity contribution in [1.29, 1.82) is 0 Å². The van der Waals surface area contributed by atoms with Crippen LogP contribution in [0.2, 0.25) is 5.02 Å². The summed E-state index contributed by atoms with van der Waals surface area (Å²) in [5.41, 5.74) is 0. The third-order valence-electron chi connectivity index (χ3n) is 2.15. The Balaban J connectivity index is 2.38. The summed E-state index contributed by atoms with van der Waals surface area (Å²) in [5.74, 6) is 0.957. The van der Waals surface area contributed by atoms with Crippen LogP contribution in [0.1, 0.15) is 6.42 Å². The first-order chi connectivity index (χ1) is 7.26. The highest BCUT2D eigenvalue weighted by atomic mass is 35.5. The molecule has 0 radical (unpaired) electrons. The molecule has 0 saturated heterocycles. The van der Waals surface area contributed by atoms with E-state index in [0.29, 0.717) is 6.04 Å². The molecule has 0 heterocycles. The van der Waals surface area contributed by atoms with E-state index in [4.69, 9.17) is 16.7 Å². The summed E-state index contributed by atoms with van der Waals surface area (Å²) in [6.07, 6.45) is 0.789. The average Bonchev–Trinajstić information content (AvgIpc) is 2.26. The molecule has 1 aromatic rings. The molecule has 15 heavy (non-hydrogen) atoms. The average molecular weight is 246 g/mol. The van der Waals surface area contributed by atoms with Crippen LogP contribution in [0.5, 0.6) is 0 Å². The Bertz CT molecular complexity index is 278. The van der Waals surface area contributed by atoms with Gasteiger partial charge in [0.05, 0.1) is 0 Å². The molecule has 1 unspecified atom stereocenters. The van der Waals surface area contributed by atoms with Gasteiger partial charge in [-0.25, -0.2) is 0 Å². The lowest BCUT2D eigenvalue weighted by Gasteiger charge is -2.13. The minimum absolute atomic E-state index is 0.229. The maximum atomic E-state index is 8.83. The van der Waals surface area contributed by atoms with Gasteiger partial charge in [0.1, 0.15) is 0 Å². The Kier molecular flexibility index (Phi) is 6.10. The summed E-state index contributed by atoms with van der Waals surface area (Å²) in [6, 6.07) is 8.17. The zero-order chi connectivity index (χ0) is 11.1. The van der Waals surface area contributed by atoms with Gasteiger partial charge in [0.2, 0.25) is 0 Å². The second kappa shape index (κ2) is 7.12. The molecular weight excluding hydrogens is 230 g/mol. The Labute approximate surface area is 100 Å². The Hall–Kier alpha value is -0.220. The second-order valence-electron chi connectivity index (χ2n) is 3.26. The summed E-state index contributed by atoms with van der Waals surface area (Å²) in [4.78, 5) is 1.21. The number of hydrogen-bond acceptors (Lipinski definition) is 3. The SMILES string of the molecule is CNC(CCO)CSc1ccc(Cl)cc1. The lowest BCUT2D eigenvalue weighted by molar-refractivity contribution is 0.273. The van der Waals surface area contributed by atoms with Gasteiger partial charge < -0.3 is 10.4 Å². The van der Waals surface area contributed by atoms with Gasteiger partial charge in [0, 0.05) is 28.3 Å². The molecule has 2 N–H and O–H groups in total. The molecular formula is C11H16ClNOS. The molecule has 1 aromatic carbocycles. The normalized spacial score (nSPS) is 12.7. The second-order valence-corrected chi connectivity index (χ2v) is 4.79. The highest BCUT2D eigenvalue weighted by molar-refractivity contribution is 7.99. The van der Waals surface area contributed by atoms with E-state index in [9.17, 15) is 0 Å². The highest BCUT2D eigenvalue weighted by Crippen LogP contribution is 2.21. The summed E-state index contributed by atoms with van der Waals surface area (Å²) in [6.45, 7) is 0.229. The molecule has 0 aliphatic carbocycles. The molecule has 4 heteroatoms. The van der Waals surface area contributed by atoms with Crippen LogP contribution in [-0.4, -0.2) is 30.6 Å². The summed E-state index contributed by atoms with van der Waals surface area (Å²) >= 11 is 7.57. The molecule has 0 bridgehead atoms. The number of benzene rings is 1. The zero-order valence-electron chi connectivity index (χ0n) is 8.74. The molecule has 84 valence electrons. The molecule has 0 amide bonds. The van der Waals surface area contributed by atoms with Gasteiger partial charge in [-0.05, 0) is 37.7 Å². The third-order valence-corrected chi connectivity index (χ3v) is 3.58. The minimum Gasteiger partial charge on any atom is -0.396 e. The largest absolute Gasteiger partial charge is 0.396 e. The highest BCUT2D eigenvalue weighted by Gasteiger charge is 2.05. The van der Waals surface area contributed by atoms with Crippen LogP contribution in [0.3, 0.4) is 0 Å². The quantitative estimate of drug-likeness (QED) is 0.755. The number of thioether (sulfide) groups is 1.